The summed E-state index contributed by atoms with van der Waals surface area (Å²) < 4.78 is 32.8. The summed E-state index contributed by atoms with van der Waals surface area (Å²) in [6.07, 6.45) is 0.0957. The molecule has 6 nitrogen and oxygen atoms in total. The molecule has 1 aromatic heterocycles. The molecule has 0 bridgehead atoms. The molecule has 0 spiro atoms. The zero-order chi connectivity index (χ0) is 19.3. The van der Waals surface area contributed by atoms with E-state index in [1.807, 2.05) is 56.7 Å². The SMILES string of the molecule is CN(CC1CCS(=O)(=O)c2c1n(C)c1ccccc21)C(=O)OC(C)(C)C. The number of hydrogen-bond acceptors (Lipinski definition) is 4. The number of aryl methyl sites for hydroxylation is 1. The minimum Gasteiger partial charge on any atom is -0.444 e. The van der Waals surface area contributed by atoms with Gasteiger partial charge in [-0.25, -0.2) is 13.2 Å². The van der Waals surface area contributed by atoms with Crippen LogP contribution in [0.5, 0.6) is 0 Å². The quantitative estimate of drug-likeness (QED) is 0.804. The van der Waals surface area contributed by atoms with Crippen LogP contribution in [0.25, 0.3) is 10.9 Å². The Kier molecular flexibility index (Phi) is 4.55. The number of carbonyl (C=O) groups excluding carboxylic acids is 1. The largest absolute Gasteiger partial charge is 0.444 e. The number of likely N-dealkylation sites (N-methyl/N-ethyl adjacent to an activating group) is 1. The molecule has 3 rings (SSSR count). The predicted octanol–water partition coefficient (Wildman–Crippen LogP) is 3.31. The Hall–Kier alpha value is -2.02. The van der Waals surface area contributed by atoms with Crippen LogP contribution in [-0.4, -0.2) is 48.9 Å². The molecule has 0 fully saturated rings. The zero-order valence-corrected chi connectivity index (χ0v) is 16.8. The Labute approximate surface area is 154 Å². The number of rotatable bonds is 2. The lowest BCUT2D eigenvalue weighted by Gasteiger charge is -2.30. The summed E-state index contributed by atoms with van der Waals surface area (Å²) in [4.78, 5) is 14.3. The van der Waals surface area contributed by atoms with E-state index < -0.39 is 21.5 Å². The third-order valence-corrected chi connectivity index (χ3v) is 6.56. The monoisotopic (exact) mass is 378 g/mol. The van der Waals surface area contributed by atoms with Crippen molar-refractivity contribution in [3.05, 3.63) is 30.0 Å². The smallest absolute Gasteiger partial charge is 0.410 e. The Balaban J connectivity index is 1.99. The summed E-state index contributed by atoms with van der Waals surface area (Å²) >= 11 is 0. The van der Waals surface area contributed by atoms with Gasteiger partial charge in [-0.2, -0.15) is 0 Å². The number of aromatic nitrogens is 1. The molecule has 0 saturated heterocycles. The average Bonchev–Trinajstić information content (AvgIpc) is 2.84. The number of hydrogen-bond donors (Lipinski definition) is 0. The van der Waals surface area contributed by atoms with Crippen molar-refractivity contribution >= 4 is 26.8 Å². The number of carbonyl (C=O) groups is 1. The first-order valence-corrected chi connectivity index (χ1v) is 10.4. The lowest BCUT2D eigenvalue weighted by molar-refractivity contribution is 0.0286. The summed E-state index contributed by atoms with van der Waals surface area (Å²) in [5.41, 5.74) is 1.12. The van der Waals surface area contributed by atoms with Gasteiger partial charge in [0.15, 0.2) is 9.84 Å². The molecule has 0 aliphatic carbocycles. The van der Waals surface area contributed by atoms with Crippen molar-refractivity contribution < 1.29 is 17.9 Å². The predicted molar refractivity (Wildman–Crippen MR) is 101 cm³/mol. The Morgan fingerprint density at radius 3 is 2.62 bits per heavy atom. The number of para-hydroxylation sites is 1. The second-order valence-electron chi connectivity index (χ2n) is 7.96. The second-order valence-corrected chi connectivity index (χ2v) is 10.0. The van der Waals surface area contributed by atoms with Gasteiger partial charge in [0.2, 0.25) is 0 Å². The van der Waals surface area contributed by atoms with Crippen molar-refractivity contribution in [3.8, 4) is 0 Å². The van der Waals surface area contributed by atoms with E-state index in [0.717, 1.165) is 16.6 Å². The number of fused-ring (bicyclic) bond motifs is 3. The number of nitrogens with zero attached hydrogens (tertiary/aromatic N) is 2. The summed E-state index contributed by atoms with van der Waals surface area (Å²) in [5.74, 6) is 0.0457. The van der Waals surface area contributed by atoms with E-state index in [1.165, 1.54) is 4.90 Å². The third kappa shape index (κ3) is 3.32. The number of benzene rings is 1. The van der Waals surface area contributed by atoms with Crippen molar-refractivity contribution in [1.82, 2.24) is 9.47 Å². The minimum absolute atomic E-state index is 0.0524. The fourth-order valence-corrected chi connectivity index (χ4v) is 5.55. The van der Waals surface area contributed by atoms with Crippen LogP contribution in [0, 0.1) is 0 Å². The van der Waals surface area contributed by atoms with Gasteiger partial charge in [-0.15, -0.1) is 0 Å². The zero-order valence-electron chi connectivity index (χ0n) is 15.9. The molecule has 7 heteroatoms. The molecule has 0 radical (unpaired) electrons. The third-order valence-electron chi connectivity index (χ3n) is 4.74. The molecule has 26 heavy (non-hydrogen) atoms. The van der Waals surface area contributed by atoms with Gasteiger partial charge in [-0.1, -0.05) is 18.2 Å². The first-order chi connectivity index (χ1) is 12.0. The average molecular weight is 378 g/mol. The Bertz CT molecular complexity index is 954. The lowest BCUT2D eigenvalue weighted by atomic mass is 10.0. The van der Waals surface area contributed by atoms with E-state index in [0.29, 0.717) is 17.9 Å². The fourth-order valence-electron chi connectivity index (χ4n) is 3.62. The maximum Gasteiger partial charge on any atom is 0.410 e. The molecular weight excluding hydrogens is 352 g/mol. The van der Waals surface area contributed by atoms with Gasteiger partial charge in [-0.05, 0) is 33.3 Å². The lowest BCUT2D eigenvalue weighted by Crippen LogP contribution is -2.38. The van der Waals surface area contributed by atoms with Gasteiger partial charge >= 0.3 is 6.09 Å². The van der Waals surface area contributed by atoms with Crippen LogP contribution in [0.2, 0.25) is 0 Å². The maximum atomic E-state index is 12.7. The number of ether oxygens (including phenoxy) is 1. The van der Waals surface area contributed by atoms with Crippen LogP contribution in [0.3, 0.4) is 0 Å². The van der Waals surface area contributed by atoms with Gasteiger partial charge in [-0.3, -0.25) is 0 Å². The van der Waals surface area contributed by atoms with E-state index in [-0.39, 0.29) is 11.7 Å². The van der Waals surface area contributed by atoms with E-state index >= 15 is 0 Å². The van der Waals surface area contributed by atoms with E-state index in [9.17, 15) is 13.2 Å². The van der Waals surface area contributed by atoms with E-state index in [4.69, 9.17) is 4.74 Å². The molecule has 1 aliphatic heterocycles. The van der Waals surface area contributed by atoms with E-state index in [1.54, 1.807) is 7.05 Å². The van der Waals surface area contributed by atoms with Crippen molar-refractivity contribution in [3.63, 3.8) is 0 Å². The molecule has 2 heterocycles. The van der Waals surface area contributed by atoms with Crippen molar-refractivity contribution in [2.75, 3.05) is 19.3 Å². The summed E-state index contributed by atoms with van der Waals surface area (Å²) in [6.45, 7) is 5.90. The highest BCUT2D eigenvalue weighted by Crippen LogP contribution is 2.40. The van der Waals surface area contributed by atoms with E-state index in [2.05, 4.69) is 0 Å². The molecule has 0 saturated carbocycles. The van der Waals surface area contributed by atoms with Crippen molar-refractivity contribution in [2.45, 2.75) is 43.6 Å². The molecule has 1 aromatic carbocycles. The summed E-state index contributed by atoms with van der Waals surface area (Å²) in [7, 11) is 0.264. The molecule has 142 valence electrons. The number of sulfone groups is 1. The van der Waals surface area contributed by atoms with Gasteiger partial charge in [0.05, 0.1) is 10.6 Å². The normalized spacial score (nSPS) is 19.2. The first kappa shape index (κ1) is 18.8. The first-order valence-electron chi connectivity index (χ1n) is 8.75. The van der Waals surface area contributed by atoms with Gasteiger partial charge in [0.1, 0.15) is 5.60 Å². The topological polar surface area (TPSA) is 68.6 Å². The summed E-state index contributed by atoms with van der Waals surface area (Å²) in [6, 6.07) is 7.54. The molecule has 1 amide bonds. The molecular formula is C19H26N2O4S. The van der Waals surface area contributed by atoms with Gasteiger partial charge in [0.25, 0.3) is 0 Å². The second kappa shape index (κ2) is 6.30. The van der Waals surface area contributed by atoms with Crippen LogP contribution in [-0.2, 0) is 21.6 Å². The standard InChI is InChI=1S/C19H26N2O4S/c1-19(2,3)25-18(22)20(4)12-13-10-11-26(23,24)17-14-8-6-7-9-15(14)21(5)16(13)17/h6-9,13H,10-12H2,1-5H3. The highest BCUT2D eigenvalue weighted by atomic mass is 32.2. The highest BCUT2D eigenvalue weighted by molar-refractivity contribution is 7.91. The Morgan fingerprint density at radius 1 is 1.31 bits per heavy atom. The van der Waals surface area contributed by atoms with Crippen LogP contribution >= 0.6 is 0 Å². The van der Waals surface area contributed by atoms with Crippen molar-refractivity contribution in [1.29, 1.82) is 0 Å². The minimum atomic E-state index is -3.32. The Morgan fingerprint density at radius 2 is 1.96 bits per heavy atom. The highest BCUT2D eigenvalue weighted by Gasteiger charge is 2.36. The molecule has 0 N–H and O–H groups in total. The van der Waals surface area contributed by atoms with Crippen molar-refractivity contribution in [2.24, 2.45) is 7.05 Å². The van der Waals surface area contributed by atoms with Gasteiger partial charge in [0, 0.05) is 43.2 Å². The fraction of sp³-hybridized carbons (Fsp3) is 0.526. The van der Waals surface area contributed by atoms with Crippen LogP contribution < -0.4 is 0 Å². The number of amides is 1. The van der Waals surface area contributed by atoms with Gasteiger partial charge < -0.3 is 14.2 Å². The molecule has 1 aliphatic rings. The molecule has 2 aromatic rings. The van der Waals surface area contributed by atoms with Crippen LogP contribution in [0.4, 0.5) is 4.79 Å². The molecule has 1 atom stereocenters. The van der Waals surface area contributed by atoms with Crippen LogP contribution in [0.15, 0.2) is 29.2 Å². The molecule has 1 unspecified atom stereocenters. The van der Waals surface area contributed by atoms with Crippen LogP contribution in [0.1, 0.15) is 38.8 Å². The summed E-state index contributed by atoms with van der Waals surface area (Å²) in [5, 5.41) is 0.759. The maximum absolute atomic E-state index is 12.7.